The fourth-order valence-corrected chi connectivity index (χ4v) is 8.25. The van der Waals surface area contributed by atoms with E-state index in [4.69, 9.17) is 5.14 Å². The Kier molecular flexibility index (Phi) is 7.38. The van der Waals surface area contributed by atoms with Crippen molar-refractivity contribution < 1.29 is 30.0 Å². The first-order chi connectivity index (χ1) is 15.4. The van der Waals surface area contributed by atoms with E-state index in [1.165, 1.54) is 26.8 Å². The van der Waals surface area contributed by atoms with Crippen LogP contribution in [0.4, 0.5) is 13.2 Å². The number of alkyl halides is 3. The zero-order valence-electron chi connectivity index (χ0n) is 19.5. The van der Waals surface area contributed by atoms with Crippen molar-refractivity contribution in [3.8, 4) is 10.6 Å². The second-order valence-electron chi connectivity index (χ2n) is 9.80. The molecule has 7 nitrogen and oxygen atoms in total. The van der Waals surface area contributed by atoms with Crippen molar-refractivity contribution in [3.05, 3.63) is 23.4 Å². The summed E-state index contributed by atoms with van der Waals surface area (Å²) in [7, 11) is -8.63. The van der Waals surface area contributed by atoms with E-state index >= 15 is 0 Å². The van der Waals surface area contributed by atoms with Crippen molar-refractivity contribution in [1.29, 1.82) is 0 Å². The van der Waals surface area contributed by atoms with E-state index in [9.17, 15) is 30.0 Å². The molecule has 0 unspecified atom stereocenters. The summed E-state index contributed by atoms with van der Waals surface area (Å²) >= 11 is 0.469. The molecule has 1 aliphatic carbocycles. The van der Waals surface area contributed by atoms with Crippen LogP contribution in [-0.4, -0.2) is 26.9 Å². The van der Waals surface area contributed by atoms with Gasteiger partial charge in [-0.1, -0.05) is 19.3 Å². The van der Waals surface area contributed by atoms with Crippen molar-refractivity contribution in [1.82, 2.24) is 9.29 Å². The molecule has 2 heterocycles. The highest BCUT2D eigenvalue weighted by Gasteiger charge is 2.41. The molecule has 1 fully saturated rings. The van der Waals surface area contributed by atoms with Crippen molar-refractivity contribution in [3.63, 3.8) is 0 Å². The Morgan fingerprint density at radius 1 is 1.09 bits per heavy atom. The molecular weight excluding hydrogens is 511 g/mol. The van der Waals surface area contributed by atoms with Crippen LogP contribution < -0.4 is 9.86 Å². The molecule has 3 N–H and O–H groups in total. The molecule has 0 spiro atoms. The van der Waals surface area contributed by atoms with Crippen molar-refractivity contribution >= 4 is 31.4 Å². The van der Waals surface area contributed by atoms with E-state index in [2.05, 4.69) is 4.72 Å². The second kappa shape index (κ2) is 9.23. The van der Waals surface area contributed by atoms with E-state index in [-0.39, 0.29) is 21.4 Å². The Labute approximate surface area is 202 Å². The zero-order chi connectivity index (χ0) is 25.7. The number of nitrogens with zero attached hydrogens (tertiary/aromatic N) is 1. The Balaban J connectivity index is 2.21. The summed E-state index contributed by atoms with van der Waals surface area (Å²) < 4.78 is 94.8. The predicted octanol–water partition coefficient (Wildman–Crippen LogP) is 4.85. The van der Waals surface area contributed by atoms with Crippen LogP contribution in [0.2, 0.25) is 0 Å². The number of primary sulfonamides is 1. The third kappa shape index (κ3) is 6.04. The maximum Gasteiger partial charge on any atom is 0.418 e. The fourth-order valence-electron chi connectivity index (χ4n) is 4.32. The normalized spacial score (nSPS) is 16.8. The summed E-state index contributed by atoms with van der Waals surface area (Å²) in [5.41, 5.74) is -1.75. The minimum absolute atomic E-state index is 0.00965. The number of aromatic nitrogens is 1. The van der Waals surface area contributed by atoms with Gasteiger partial charge >= 0.3 is 6.18 Å². The molecule has 2 aromatic rings. The van der Waals surface area contributed by atoms with Gasteiger partial charge in [-0.05, 0) is 58.6 Å². The van der Waals surface area contributed by atoms with Gasteiger partial charge in [-0.15, -0.1) is 11.3 Å². The molecule has 1 aliphatic rings. The molecule has 0 bridgehead atoms. The van der Waals surface area contributed by atoms with Crippen molar-refractivity contribution in [2.24, 2.45) is 11.1 Å². The molecule has 192 valence electrons. The van der Waals surface area contributed by atoms with Gasteiger partial charge < -0.3 is 4.57 Å². The number of hydrogen-bond donors (Lipinski definition) is 2. The lowest BCUT2D eigenvalue weighted by Gasteiger charge is -2.24. The fraction of sp³-hybridized carbons (Fsp3) is 0.619. The maximum absolute atomic E-state index is 13.9. The first kappa shape index (κ1) is 27.2. The number of thiophene rings is 1. The van der Waals surface area contributed by atoms with Crippen LogP contribution in [0.5, 0.6) is 0 Å². The predicted molar refractivity (Wildman–Crippen MR) is 126 cm³/mol. The second-order valence-corrected chi connectivity index (χ2v) is 14.3. The molecule has 13 heteroatoms. The summed E-state index contributed by atoms with van der Waals surface area (Å²) in [4.78, 5) is -0.173. The van der Waals surface area contributed by atoms with Gasteiger partial charge in [-0.3, -0.25) is 0 Å². The summed E-state index contributed by atoms with van der Waals surface area (Å²) in [5, 5.41) is 5.37. The molecule has 0 aromatic carbocycles. The van der Waals surface area contributed by atoms with Crippen LogP contribution in [0.15, 0.2) is 21.2 Å². The summed E-state index contributed by atoms with van der Waals surface area (Å²) in [5.74, 6) is 0.236. The Hall–Kier alpha value is -1.41. The van der Waals surface area contributed by atoms with Gasteiger partial charge in [0.25, 0.3) is 10.0 Å². The lowest BCUT2D eigenvalue weighted by Crippen LogP contribution is -2.40. The standard InChI is InChI=1S/C21H30F3N3O4S3/c1-13-18(33(25,28)29)11-16(27(13)12-14-8-6-5-7-9-14)17-10-15(21(22,23)24)19(32-17)34(30,31)26-20(2,3)4/h10-11,14,26H,5-9,12H2,1-4H3,(H2,25,28,29). The Morgan fingerprint density at radius 2 is 1.68 bits per heavy atom. The number of halogens is 3. The molecule has 34 heavy (non-hydrogen) atoms. The van der Waals surface area contributed by atoms with Crippen LogP contribution in [0, 0.1) is 12.8 Å². The van der Waals surface area contributed by atoms with Crippen LogP contribution in [0.25, 0.3) is 10.6 Å². The van der Waals surface area contributed by atoms with E-state index in [1.54, 1.807) is 11.5 Å². The molecular formula is C21H30F3N3O4S3. The molecule has 0 saturated heterocycles. The topological polar surface area (TPSA) is 111 Å². The lowest BCUT2D eigenvalue weighted by atomic mass is 9.89. The third-order valence-corrected chi connectivity index (χ3v) is 10.2. The third-order valence-electron chi connectivity index (χ3n) is 5.73. The van der Waals surface area contributed by atoms with Crippen LogP contribution in [-0.2, 0) is 32.8 Å². The average molecular weight is 542 g/mol. The highest BCUT2D eigenvalue weighted by Crippen LogP contribution is 2.44. The molecule has 0 amide bonds. The van der Waals surface area contributed by atoms with Crippen LogP contribution >= 0.6 is 11.3 Å². The van der Waals surface area contributed by atoms with Gasteiger partial charge in [-0.25, -0.2) is 26.7 Å². The van der Waals surface area contributed by atoms with Crippen molar-refractivity contribution in [2.45, 2.75) is 87.2 Å². The number of sulfonamides is 2. The van der Waals surface area contributed by atoms with E-state index in [1.807, 2.05) is 0 Å². The van der Waals surface area contributed by atoms with Gasteiger partial charge in [0.05, 0.1) is 16.1 Å². The lowest BCUT2D eigenvalue weighted by molar-refractivity contribution is -0.139. The number of rotatable bonds is 6. The number of nitrogens with two attached hydrogens (primary N) is 1. The molecule has 1 saturated carbocycles. The highest BCUT2D eigenvalue weighted by atomic mass is 32.2. The van der Waals surface area contributed by atoms with Gasteiger partial charge in [-0.2, -0.15) is 13.2 Å². The van der Waals surface area contributed by atoms with E-state index in [0.717, 1.165) is 38.2 Å². The van der Waals surface area contributed by atoms with Crippen molar-refractivity contribution in [2.75, 3.05) is 0 Å². The van der Waals surface area contributed by atoms with Gasteiger partial charge in [0.2, 0.25) is 10.0 Å². The monoisotopic (exact) mass is 541 g/mol. The molecule has 0 radical (unpaired) electrons. The summed E-state index contributed by atoms with van der Waals surface area (Å²) in [6.45, 7) is 6.57. The SMILES string of the molecule is Cc1c(S(N)(=O)=O)cc(-c2cc(C(F)(F)F)c(S(=O)(=O)NC(C)(C)C)s2)n1CC1CCCCC1. The first-order valence-corrected chi connectivity index (χ1v) is 14.7. The summed E-state index contributed by atoms with van der Waals surface area (Å²) in [6.07, 6.45) is 0.0961. The van der Waals surface area contributed by atoms with Gasteiger partial charge in [0.15, 0.2) is 0 Å². The largest absolute Gasteiger partial charge is 0.418 e. The first-order valence-electron chi connectivity index (χ1n) is 10.9. The minimum Gasteiger partial charge on any atom is -0.343 e. The van der Waals surface area contributed by atoms with Gasteiger partial charge in [0, 0.05) is 17.8 Å². The van der Waals surface area contributed by atoms with E-state index < -0.39 is 41.5 Å². The van der Waals surface area contributed by atoms with E-state index in [0.29, 0.717) is 23.6 Å². The molecule has 0 aliphatic heterocycles. The Morgan fingerprint density at radius 3 is 2.18 bits per heavy atom. The smallest absolute Gasteiger partial charge is 0.343 e. The van der Waals surface area contributed by atoms with Crippen LogP contribution in [0.1, 0.15) is 64.1 Å². The minimum atomic E-state index is -4.92. The molecule has 0 atom stereocenters. The molecule has 2 aromatic heterocycles. The average Bonchev–Trinajstić information content (AvgIpc) is 3.23. The molecule has 3 rings (SSSR count). The van der Waals surface area contributed by atoms with Gasteiger partial charge in [0.1, 0.15) is 9.10 Å². The number of hydrogen-bond acceptors (Lipinski definition) is 5. The quantitative estimate of drug-likeness (QED) is 0.545. The van der Waals surface area contributed by atoms with Crippen LogP contribution in [0.3, 0.4) is 0 Å². The maximum atomic E-state index is 13.9. The Bertz CT molecular complexity index is 1260. The number of nitrogens with one attached hydrogen (secondary N) is 1. The highest BCUT2D eigenvalue weighted by molar-refractivity contribution is 7.91. The zero-order valence-corrected chi connectivity index (χ0v) is 21.9. The summed E-state index contributed by atoms with van der Waals surface area (Å²) in [6, 6.07) is 2.02.